The second kappa shape index (κ2) is 4.61. The average Bonchev–Trinajstić information content (AvgIpc) is 2.57. The van der Waals surface area contributed by atoms with E-state index in [1.165, 1.54) is 11.1 Å². The van der Waals surface area contributed by atoms with Crippen LogP contribution in [0.2, 0.25) is 0 Å². The summed E-state index contributed by atoms with van der Waals surface area (Å²) in [5, 5.41) is 3.29. The van der Waals surface area contributed by atoms with Crippen LogP contribution in [-0.4, -0.2) is 13.2 Å². The highest BCUT2D eigenvalue weighted by Crippen LogP contribution is 2.20. The standard InChI is InChI=1S/C10H13NO.ClH/c1-8-4-2-3-5-9(8)10-11-6-7-12-10;/h2-5,10-11H,6-7H2,1H3;1H. The summed E-state index contributed by atoms with van der Waals surface area (Å²) in [4.78, 5) is 0. The molecule has 1 aliphatic rings. The first-order valence-corrected chi connectivity index (χ1v) is 4.28. The average molecular weight is 200 g/mol. The number of halogens is 1. The lowest BCUT2D eigenvalue weighted by molar-refractivity contribution is 0.101. The van der Waals surface area contributed by atoms with Gasteiger partial charge in [-0.2, -0.15) is 0 Å². The molecule has 1 saturated heterocycles. The van der Waals surface area contributed by atoms with Gasteiger partial charge in [0.25, 0.3) is 0 Å². The quantitative estimate of drug-likeness (QED) is 0.748. The van der Waals surface area contributed by atoms with Gasteiger partial charge >= 0.3 is 0 Å². The van der Waals surface area contributed by atoms with Crippen molar-refractivity contribution in [3.8, 4) is 0 Å². The Morgan fingerprint density at radius 2 is 2.15 bits per heavy atom. The minimum Gasteiger partial charge on any atom is -0.358 e. The number of rotatable bonds is 1. The van der Waals surface area contributed by atoms with Gasteiger partial charge in [-0.1, -0.05) is 24.3 Å². The fourth-order valence-corrected chi connectivity index (χ4v) is 1.51. The van der Waals surface area contributed by atoms with E-state index in [2.05, 4.69) is 24.4 Å². The number of hydrogen-bond donors (Lipinski definition) is 1. The highest BCUT2D eigenvalue weighted by molar-refractivity contribution is 5.85. The molecular formula is C10H14ClNO. The molecule has 72 valence electrons. The minimum absolute atomic E-state index is 0. The van der Waals surface area contributed by atoms with Crippen molar-refractivity contribution in [2.45, 2.75) is 13.2 Å². The van der Waals surface area contributed by atoms with Crippen LogP contribution in [0.5, 0.6) is 0 Å². The lowest BCUT2D eigenvalue weighted by atomic mass is 10.1. The molecule has 1 aromatic carbocycles. The van der Waals surface area contributed by atoms with Crippen molar-refractivity contribution >= 4 is 12.4 Å². The van der Waals surface area contributed by atoms with Crippen molar-refractivity contribution in [3.05, 3.63) is 35.4 Å². The smallest absolute Gasteiger partial charge is 0.134 e. The Morgan fingerprint density at radius 1 is 1.38 bits per heavy atom. The van der Waals surface area contributed by atoms with Gasteiger partial charge in [0.2, 0.25) is 0 Å². The summed E-state index contributed by atoms with van der Waals surface area (Å²) in [6, 6.07) is 8.32. The molecule has 1 heterocycles. The van der Waals surface area contributed by atoms with Gasteiger partial charge in [-0.25, -0.2) is 0 Å². The Hall–Kier alpha value is -0.570. The molecule has 2 rings (SSSR count). The van der Waals surface area contributed by atoms with Crippen molar-refractivity contribution in [2.75, 3.05) is 13.2 Å². The molecule has 0 aromatic heterocycles. The van der Waals surface area contributed by atoms with Crippen LogP contribution in [0.1, 0.15) is 17.4 Å². The van der Waals surface area contributed by atoms with Crippen LogP contribution >= 0.6 is 12.4 Å². The monoisotopic (exact) mass is 199 g/mol. The third-order valence-electron chi connectivity index (χ3n) is 2.19. The first-order valence-electron chi connectivity index (χ1n) is 4.28. The van der Waals surface area contributed by atoms with E-state index in [1.807, 2.05) is 12.1 Å². The van der Waals surface area contributed by atoms with Crippen LogP contribution in [-0.2, 0) is 4.74 Å². The highest BCUT2D eigenvalue weighted by atomic mass is 35.5. The summed E-state index contributed by atoms with van der Waals surface area (Å²) in [5.41, 5.74) is 2.55. The van der Waals surface area contributed by atoms with Crippen molar-refractivity contribution in [2.24, 2.45) is 0 Å². The molecule has 0 amide bonds. The van der Waals surface area contributed by atoms with Crippen molar-refractivity contribution < 1.29 is 4.74 Å². The number of hydrogen-bond acceptors (Lipinski definition) is 2. The van der Waals surface area contributed by atoms with Crippen LogP contribution < -0.4 is 5.32 Å². The summed E-state index contributed by atoms with van der Waals surface area (Å²) in [6.45, 7) is 3.89. The molecule has 1 atom stereocenters. The van der Waals surface area contributed by atoms with Crippen molar-refractivity contribution in [3.63, 3.8) is 0 Å². The Labute approximate surface area is 84.7 Å². The topological polar surface area (TPSA) is 21.3 Å². The summed E-state index contributed by atoms with van der Waals surface area (Å²) in [7, 11) is 0. The number of benzene rings is 1. The van der Waals surface area contributed by atoms with Crippen LogP contribution in [0, 0.1) is 6.92 Å². The maximum atomic E-state index is 5.51. The third kappa shape index (κ3) is 2.21. The fourth-order valence-electron chi connectivity index (χ4n) is 1.51. The zero-order valence-electron chi connectivity index (χ0n) is 7.62. The second-order valence-electron chi connectivity index (χ2n) is 3.06. The molecule has 3 heteroatoms. The molecule has 1 fully saturated rings. The molecule has 0 bridgehead atoms. The van der Waals surface area contributed by atoms with E-state index in [0.29, 0.717) is 0 Å². The zero-order valence-corrected chi connectivity index (χ0v) is 8.43. The maximum Gasteiger partial charge on any atom is 0.134 e. The van der Waals surface area contributed by atoms with Crippen LogP contribution in [0.15, 0.2) is 24.3 Å². The Bertz CT molecular complexity index is 271. The maximum absolute atomic E-state index is 5.51. The molecule has 0 saturated carbocycles. The van der Waals surface area contributed by atoms with E-state index in [0.717, 1.165) is 13.2 Å². The van der Waals surface area contributed by atoms with Gasteiger partial charge in [-0.15, -0.1) is 12.4 Å². The fraction of sp³-hybridized carbons (Fsp3) is 0.400. The van der Waals surface area contributed by atoms with Crippen molar-refractivity contribution in [1.29, 1.82) is 0 Å². The van der Waals surface area contributed by atoms with E-state index in [-0.39, 0.29) is 18.6 Å². The lowest BCUT2D eigenvalue weighted by Gasteiger charge is -2.12. The van der Waals surface area contributed by atoms with Gasteiger partial charge < -0.3 is 4.74 Å². The third-order valence-corrected chi connectivity index (χ3v) is 2.19. The number of nitrogens with one attached hydrogen (secondary N) is 1. The van der Waals surface area contributed by atoms with Gasteiger partial charge in [0.05, 0.1) is 6.61 Å². The lowest BCUT2D eigenvalue weighted by Crippen LogP contribution is -2.14. The summed E-state index contributed by atoms with van der Waals surface area (Å²) < 4.78 is 5.51. The molecule has 1 aliphatic heterocycles. The molecule has 0 radical (unpaired) electrons. The van der Waals surface area contributed by atoms with Crippen LogP contribution in [0.25, 0.3) is 0 Å². The van der Waals surface area contributed by atoms with Gasteiger partial charge in [-0.05, 0) is 18.1 Å². The molecule has 13 heavy (non-hydrogen) atoms. The highest BCUT2D eigenvalue weighted by Gasteiger charge is 2.17. The normalized spacial score (nSPS) is 21.2. The molecule has 2 nitrogen and oxygen atoms in total. The van der Waals surface area contributed by atoms with Crippen molar-refractivity contribution in [1.82, 2.24) is 5.32 Å². The molecule has 1 N–H and O–H groups in total. The van der Waals surface area contributed by atoms with Crippen LogP contribution in [0.3, 0.4) is 0 Å². The van der Waals surface area contributed by atoms with Gasteiger partial charge in [0, 0.05) is 6.54 Å². The predicted octanol–water partition coefficient (Wildman–Crippen LogP) is 2.04. The predicted molar refractivity (Wildman–Crippen MR) is 55.1 cm³/mol. The number of ether oxygens (including phenoxy) is 1. The SMILES string of the molecule is Cc1ccccc1C1NCCO1.Cl. The summed E-state index contributed by atoms with van der Waals surface area (Å²) in [5.74, 6) is 0. The first-order chi connectivity index (χ1) is 5.88. The van der Waals surface area contributed by atoms with E-state index in [9.17, 15) is 0 Å². The van der Waals surface area contributed by atoms with Gasteiger partial charge in [-0.3, -0.25) is 5.32 Å². The summed E-state index contributed by atoms with van der Waals surface area (Å²) >= 11 is 0. The van der Waals surface area contributed by atoms with E-state index in [1.54, 1.807) is 0 Å². The largest absolute Gasteiger partial charge is 0.358 e. The zero-order chi connectivity index (χ0) is 8.39. The Kier molecular flexibility index (Phi) is 3.72. The molecule has 1 aromatic rings. The first kappa shape index (κ1) is 10.5. The van der Waals surface area contributed by atoms with Gasteiger partial charge in [0.1, 0.15) is 6.23 Å². The Morgan fingerprint density at radius 3 is 2.77 bits per heavy atom. The minimum atomic E-state index is 0. The molecule has 0 spiro atoms. The van der Waals surface area contributed by atoms with Gasteiger partial charge in [0.15, 0.2) is 0 Å². The van der Waals surface area contributed by atoms with Crippen LogP contribution in [0.4, 0.5) is 0 Å². The van der Waals surface area contributed by atoms with E-state index < -0.39 is 0 Å². The second-order valence-corrected chi connectivity index (χ2v) is 3.06. The van der Waals surface area contributed by atoms with E-state index >= 15 is 0 Å². The van der Waals surface area contributed by atoms with E-state index in [4.69, 9.17) is 4.74 Å². The number of aryl methyl sites for hydroxylation is 1. The molecular weight excluding hydrogens is 186 g/mol. The molecule has 1 unspecified atom stereocenters. The molecule has 0 aliphatic carbocycles. The summed E-state index contributed by atoms with van der Waals surface area (Å²) in [6.07, 6.45) is 0.117. The Balaban J connectivity index is 0.000000845.